The van der Waals surface area contributed by atoms with E-state index in [4.69, 9.17) is 9.15 Å². The van der Waals surface area contributed by atoms with Gasteiger partial charge in [-0.2, -0.15) is 0 Å². The van der Waals surface area contributed by atoms with E-state index in [1.807, 2.05) is 30.3 Å². The zero-order valence-corrected chi connectivity index (χ0v) is 12.1. The van der Waals surface area contributed by atoms with Crippen LogP contribution in [0.5, 0.6) is 5.75 Å². The number of hydrogen-bond donors (Lipinski definition) is 0. The third kappa shape index (κ3) is 3.61. The number of likely N-dealkylation sites (N-methyl/N-ethyl adjacent to an activating group) is 1. The van der Waals surface area contributed by atoms with E-state index in [0.717, 1.165) is 5.75 Å². The lowest BCUT2D eigenvalue weighted by atomic mass is 10.3. The number of carbonyl (C=O) groups excluding carboxylic acids is 1. The monoisotopic (exact) mass is 323 g/mol. The van der Waals surface area contributed by atoms with Crippen molar-refractivity contribution in [3.8, 4) is 5.75 Å². The average Bonchev–Trinajstić information content (AvgIpc) is 2.85. The fraction of sp³-hybridized carbons (Fsp3) is 0.214. The molecule has 19 heavy (non-hydrogen) atoms. The number of nitrogens with zero attached hydrogens (tertiary/aromatic N) is 1. The maximum atomic E-state index is 12.0. The number of para-hydroxylation sites is 1. The molecule has 0 spiro atoms. The molecule has 0 saturated carbocycles. The van der Waals surface area contributed by atoms with E-state index in [2.05, 4.69) is 15.9 Å². The summed E-state index contributed by atoms with van der Waals surface area (Å²) < 4.78 is 11.0. The molecule has 0 aliphatic rings. The molecule has 2 aromatic rings. The molecular weight excluding hydrogens is 310 g/mol. The summed E-state index contributed by atoms with van der Waals surface area (Å²) in [6.45, 7) is 0.951. The summed E-state index contributed by atoms with van der Waals surface area (Å²) in [6.07, 6.45) is 1.48. The Hall–Kier alpha value is -1.75. The Morgan fingerprint density at radius 1 is 1.32 bits per heavy atom. The number of benzene rings is 1. The number of carbonyl (C=O) groups is 1. The molecule has 1 aromatic carbocycles. The zero-order valence-electron chi connectivity index (χ0n) is 10.5. The molecule has 0 N–H and O–H groups in total. The van der Waals surface area contributed by atoms with Gasteiger partial charge >= 0.3 is 0 Å². The maximum Gasteiger partial charge on any atom is 0.258 e. The Bertz CT molecular complexity index is 539. The molecule has 1 amide bonds. The van der Waals surface area contributed by atoms with E-state index >= 15 is 0 Å². The fourth-order valence-electron chi connectivity index (χ4n) is 1.57. The van der Waals surface area contributed by atoms with Gasteiger partial charge in [0.2, 0.25) is 0 Å². The summed E-state index contributed by atoms with van der Waals surface area (Å²) in [4.78, 5) is 13.6. The zero-order chi connectivity index (χ0) is 13.7. The van der Waals surface area contributed by atoms with Crippen molar-refractivity contribution in [2.75, 3.05) is 20.2 Å². The minimum Gasteiger partial charge on any atom is -0.492 e. The number of hydrogen-bond acceptors (Lipinski definition) is 3. The van der Waals surface area contributed by atoms with Crippen molar-refractivity contribution in [3.05, 3.63) is 52.9 Å². The van der Waals surface area contributed by atoms with Gasteiger partial charge in [-0.05, 0) is 34.1 Å². The van der Waals surface area contributed by atoms with Crippen LogP contribution < -0.4 is 4.74 Å². The molecule has 1 aromatic heterocycles. The highest BCUT2D eigenvalue weighted by atomic mass is 79.9. The van der Waals surface area contributed by atoms with Gasteiger partial charge in [0.1, 0.15) is 12.4 Å². The van der Waals surface area contributed by atoms with Gasteiger partial charge in [0.25, 0.3) is 5.91 Å². The summed E-state index contributed by atoms with van der Waals surface area (Å²) in [6, 6.07) is 11.2. The van der Waals surface area contributed by atoms with Gasteiger partial charge < -0.3 is 14.1 Å². The second-order valence-corrected chi connectivity index (χ2v) is 4.72. The number of rotatable bonds is 5. The summed E-state index contributed by atoms with van der Waals surface area (Å²) >= 11 is 3.19. The predicted octanol–water partition coefficient (Wildman–Crippen LogP) is 3.19. The molecule has 0 atom stereocenters. The van der Waals surface area contributed by atoms with Gasteiger partial charge in [-0.3, -0.25) is 4.79 Å². The second-order valence-electron chi connectivity index (χ2n) is 4.00. The lowest BCUT2D eigenvalue weighted by Crippen LogP contribution is -2.30. The lowest BCUT2D eigenvalue weighted by Gasteiger charge is -2.16. The Kier molecular flexibility index (Phi) is 4.63. The summed E-state index contributed by atoms with van der Waals surface area (Å²) in [5, 5.41) is 0. The first-order valence-electron chi connectivity index (χ1n) is 5.85. The molecule has 0 bridgehead atoms. The van der Waals surface area contributed by atoms with Crippen LogP contribution in [0.3, 0.4) is 0 Å². The standard InChI is InChI=1S/C14H14BrNO3/c1-16(14(17)12-7-9-19-13(12)15)8-10-18-11-5-3-2-4-6-11/h2-7,9H,8,10H2,1H3. The molecule has 0 saturated heterocycles. The largest absolute Gasteiger partial charge is 0.492 e. The lowest BCUT2D eigenvalue weighted by molar-refractivity contribution is 0.0772. The minimum atomic E-state index is -0.0997. The van der Waals surface area contributed by atoms with Crippen LogP contribution in [-0.2, 0) is 0 Å². The Morgan fingerprint density at radius 3 is 2.68 bits per heavy atom. The van der Waals surface area contributed by atoms with Crippen molar-refractivity contribution in [2.24, 2.45) is 0 Å². The van der Waals surface area contributed by atoms with Crippen LogP contribution in [0.2, 0.25) is 0 Å². The van der Waals surface area contributed by atoms with Crippen LogP contribution in [0.1, 0.15) is 10.4 Å². The first-order valence-corrected chi connectivity index (χ1v) is 6.64. The van der Waals surface area contributed by atoms with E-state index in [1.54, 1.807) is 18.0 Å². The molecular formula is C14H14BrNO3. The molecule has 1 heterocycles. The first-order chi connectivity index (χ1) is 9.18. The number of amides is 1. The van der Waals surface area contributed by atoms with Gasteiger partial charge in [-0.25, -0.2) is 0 Å². The van der Waals surface area contributed by atoms with Crippen LogP contribution in [0.15, 0.2) is 51.7 Å². The highest BCUT2D eigenvalue weighted by Crippen LogP contribution is 2.18. The predicted molar refractivity (Wildman–Crippen MR) is 75.3 cm³/mol. The van der Waals surface area contributed by atoms with Crippen LogP contribution in [0.4, 0.5) is 0 Å². The second kappa shape index (κ2) is 6.43. The van der Waals surface area contributed by atoms with Crippen LogP contribution in [-0.4, -0.2) is 31.0 Å². The molecule has 0 aliphatic heterocycles. The topological polar surface area (TPSA) is 42.7 Å². The molecule has 0 radical (unpaired) electrons. The molecule has 4 nitrogen and oxygen atoms in total. The maximum absolute atomic E-state index is 12.0. The van der Waals surface area contributed by atoms with Crippen LogP contribution >= 0.6 is 15.9 Å². The van der Waals surface area contributed by atoms with Gasteiger partial charge in [-0.15, -0.1) is 0 Å². The summed E-state index contributed by atoms with van der Waals surface area (Å²) in [5.41, 5.74) is 0.516. The third-order valence-corrected chi connectivity index (χ3v) is 3.25. The van der Waals surface area contributed by atoms with Crippen molar-refractivity contribution in [3.63, 3.8) is 0 Å². The van der Waals surface area contributed by atoms with Crippen molar-refractivity contribution < 1.29 is 13.9 Å². The van der Waals surface area contributed by atoms with Gasteiger partial charge in [0.05, 0.1) is 18.4 Å². The van der Waals surface area contributed by atoms with Crippen molar-refractivity contribution in [1.82, 2.24) is 4.90 Å². The Balaban J connectivity index is 1.83. The molecule has 5 heteroatoms. The van der Waals surface area contributed by atoms with Crippen molar-refractivity contribution in [1.29, 1.82) is 0 Å². The molecule has 2 rings (SSSR count). The molecule has 0 aliphatic carbocycles. The van der Waals surface area contributed by atoms with E-state index in [1.165, 1.54) is 6.26 Å². The van der Waals surface area contributed by atoms with Crippen molar-refractivity contribution >= 4 is 21.8 Å². The van der Waals surface area contributed by atoms with E-state index in [-0.39, 0.29) is 5.91 Å². The van der Waals surface area contributed by atoms with Gasteiger partial charge in [-0.1, -0.05) is 18.2 Å². The van der Waals surface area contributed by atoms with Crippen molar-refractivity contribution in [2.45, 2.75) is 0 Å². The highest BCUT2D eigenvalue weighted by Gasteiger charge is 2.16. The van der Waals surface area contributed by atoms with Gasteiger partial charge in [0.15, 0.2) is 4.67 Å². The molecule has 0 unspecified atom stereocenters. The van der Waals surface area contributed by atoms with Gasteiger partial charge in [0, 0.05) is 7.05 Å². The number of furan rings is 1. The SMILES string of the molecule is CN(CCOc1ccccc1)C(=O)c1ccoc1Br. The molecule has 100 valence electrons. The highest BCUT2D eigenvalue weighted by molar-refractivity contribution is 9.10. The Labute approximate surface area is 120 Å². The van der Waals surface area contributed by atoms with Crippen LogP contribution in [0.25, 0.3) is 0 Å². The minimum absolute atomic E-state index is 0.0997. The fourth-order valence-corrected chi connectivity index (χ4v) is 1.98. The summed E-state index contributed by atoms with van der Waals surface area (Å²) in [5.74, 6) is 0.699. The van der Waals surface area contributed by atoms with E-state index in [0.29, 0.717) is 23.4 Å². The normalized spacial score (nSPS) is 10.2. The number of halogens is 1. The number of ether oxygens (including phenoxy) is 1. The summed E-state index contributed by atoms with van der Waals surface area (Å²) in [7, 11) is 1.73. The smallest absolute Gasteiger partial charge is 0.258 e. The molecule has 0 fully saturated rings. The quantitative estimate of drug-likeness (QED) is 0.848. The first kappa shape index (κ1) is 13.7. The Morgan fingerprint density at radius 2 is 2.05 bits per heavy atom. The third-order valence-electron chi connectivity index (χ3n) is 2.63. The van der Waals surface area contributed by atoms with E-state index < -0.39 is 0 Å². The van der Waals surface area contributed by atoms with Crippen LogP contribution in [0, 0.1) is 0 Å². The van der Waals surface area contributed by atoms with E-state index in [9.17, 15) is 4.79 Å². The average molecular weight is 324 g/mol.